The lowest BCUT2D eigenvalue weighted by Crippen LogP contribution is -2.37. The van der Waals surface area contributed by atoms with Gasteiger partial charge in [-0.15, -0.1) is 0 Å². The van der Waals surface area contributed by atoms with Gasteiger partial charge in [-0.3, -0.25) is 19.1 Å². The number of amides is 1. The van der Waals surface area contributed by atoms with E-state index in [0.29, 0.717) is 39.9 Å². The number of rotatable bonds is 5. The molecule has 0 spiro atoms. The zero-order valence-corrected chi connectivity index (χ0v) is 17.4. The van der Waals surface area contributed by atoms with Crippen molar-refractivity contribution in [2.75, 3.05) is 18.0 Å². The Bertz CT molecular complexity index is 1100. The van der Waals surface area contributed by atoms with Gasteiger partial charge < -0.3 is 5.73 Å². The maximum Gasteiger partial charge on any atom is 0.265 e. The number of aromatic nitrogens is 2. The highest BCUT2D eigenvalue weighted by atomic mass is 35.5. The molecule has 2 heterocycles. The zero-order valence-electron chi connectivity index (χ0n) is 15.9. The zero-order chi connectivity index (χ0) is 20.7. The van der Waals surface area contributed by atoms with Crippen molar-refractivity contribution < 1.29 is 9.59 Å². The van der Waals surface area contributed by atoms with E-state index in [9.17, 15) is 9.59 Å². The number of carbonyl (C=O) groups is 2. The first-order valence-electron chi connectivity index (χ1n) is 9.40. The molecule has 4 rings (SSSR count). The summed E-state index contributed by atoms with van der Waals surface area (Å²) in [6, 6.07) is 6.91. The molecule has 0 atom stereocenters. The van der Waals surface area contributed by atoms with Gasteiger partial charge in [0.2, 0.25) is 5.91 Å². The standard InChI is InChI=1S/C21H20Cl2N4O2/c1-12-10-15(22)18(16(23)11-12)21(29)26-8-5-14-17(26)4-7-25-19(14)27(9-6-24)20(28)13-2-3-13/h4-5,7-8,10-11,13H,2-3,6,9,24H2,1H3. The molecule has 1 aliphatic carbocycles. The predicted molar refractivity (Wildman–Crippen MR) is 115 cm³/mol. The summed E-state index contributed by atoms with van der Waals surface area (Å²) >= 11 is 12.6. The molecule has 1 fully saturated rings. The van der Waals surface area contributed by atoms with E-state index in [-0.39, 0.29) is 23.3 Å². The summed E-state index contributed by atoms with van der Waals surface area (Å²) < 4.78 is 1.48. The van der Waals surface area contributed by atoms with Crippen LogP contribution in [0.2, 0.25) is 10.0 Å². The van der Waals surface area contributed by atoms with Crippen molar-refractivity contribution in [3.8, 4) is 0 Å². The average molecular weight is 431 g/mol. The van der Waals surface area contributed by atoms with Gasteiger partial charge in [-0.2, -0.15) is 0 Å². The van der Waals surface area contributed by atoms with Crippen molar-refractivity contribution in [3.63, 3.8) is 0 Å². The number of fused-ring (bicyclic) bond motifs is 1. The smallest absolute Gasteiger partial charge is 0.265 e. The molecule has 1 aliphatic rings. The van der Waals surface area contributed by atoms with E-state index in [1.165, 1.54) is 4.57 Å². The third-order valence-electron chi connectivity index (χ3n) is 5.02. The van der Waals surface area contributed by atoms with Gasteiger partial charge in [0, 0.05) is 36.8 Å². The quantitative estimate of drug-likeness (QED) is 0.661. The van der Waals surface area contributed by atoms with Gasteiger partial charge in [0.05, 0.1) is 21.1 Å². The van der Waals surface area contributed by atoms with Gasteiger partial charge in [0.15, 0.2) is 0 Å². The topological polar surface area (TPSA) is 81.2 Å². The predicted octanol–water partition coefficient (Wildman–Crippen LogP) is 4.04. The largest absolute Gasteiger partial charge is 0.329 e. The Morgan fingerprint density at radius 2 is 1.93 bits per heavy atom. The molecule has 1 aromatic carbocycles. The Morgan fingerprint density at radius 1 is 1.24 bits per heavy atom. The number of pyridine rings is 1. The number of aryl methyl sites for hydroxylation is 1. The second-order valence-corrected chi connectivity index (χ2v) is 8.03. The minimum Gasteiger partial charge on any atom is -0.329 e. The van der Waals surface area contributed by atoms with Crippen LogP contribution in [0.4, 0.5) is 5.82 Å². The summed E-state index contributed by atoms with van der Waals surface area (Å²) in [5.74, 6) is 0.232. The van der Waals surface area contributed by atoms with Gasteiger partial charge in [0.25, 0.3) is 5.91 Å². The van der Waals surface area contributed by atoms with Crippen LogP contribution in [0.3, 0.4) is 0 Å². The highest BCUT2D eigenvalue weighted by molar-refractivity contribution is 6.40. The van der Waals surface area contributed by atoms with Crippen LogP contribution < -0.4 is 10.6 Å². The Kier molecular flexibility index (Phi) is 5.34. The van der Waals surface area contributed by atoms with E-state index in [1.54, 1.807) is 41.6 Å². The number of hydrogen-bond donors (Lipinski definition) is 1. The Labute approximate surface area is 178 Å². The first-order chi connectivity index (χ1) is 13.9. The van der Waals surface area contributed by atoms with E-state index in [1.807, 2.05) is 6.92 Å². The number of nitrogens with zero attached hydrogens (tertiary/aromatic N) is 3. The minimum atomic E-state index is -0.342. The Balaban J connectivity index is 1.80. The van der Waals surface area contributed by atoms with Crippen LogP contribution in [0.1, 0.15) is 28.8 Å². The summed E-state index contributed by atoms with van der Waals surface area (Å²) in [4.78, 5) is 32.0. The van der Waals surface area contributed by atoms with Crippen LogP contribution in [0.25, 0.3) is 10.9 Å². The molecule has 3 aromatic rings. The number of halogens is 2. The fourth-order valence-electron chi connectivity index (χ4n) is 3.47. The molecule has 2 N–H and O–H groups in total. The molecular formula is C21H20Cl2N4O2. The van der Waals surface area contributed by atoms with Gasteiger partial charge >= 0.3 is 0 Å². The number of hydrogen-bond acceptors (Lipinski definition) is 4. The lowest BCUT2D eigenvalue weighted by atomic mass is 10.1. The van der Waals surface area contributed by atoms with Crippen molar-refractivity contribution in [2.24, 2.45) is 11.7 Å². The van der Waals surface area contributed by atoms with Crippen molar-refractivity contribution in [1.29, 1.82) is 0 Å². The van der Waals surface area contributed by atoms with E-state index in [0.717, 1.165) is 18.4 Å². The highest BCUT2D eigenvalue weighted by Gasteiger charge is 2.35. The average Bonchev–Trinajstić information content (AvgIpc) is 3.43. The van der Waals surface area contributed by atoms with Crippen molar-refractivity contribution in [1.82, 2.24) is 9.55 Å². The summed E-state index contributed by atoms with van der Waals surface area (Å²) in [7, 11) is 0. The summed E-state index contributed by atoms with van der Waals surface area (Å²) in [6.45, 7) is 2.55. The molecule has 8 heteroatoms. The number of nitrogens with two attached hydrogens (primary N) is 1. The lowest BCUT2D eigenvalue weighted by molar-refractivity contribution is -0.119. The molecular weight excluding hydrogens is 411 g/mol. The molecule has 0 bridgehead atoms. The van der Waals surface area contributed by atoms with Crippen LogP contribution in [0, 0.1) is 12.8 Å². The molecule has 0 unspecified atom stereocenters. The highest BCUT2D eigenvalue weighted by Crippen LogP contribution is 2.35. The number of carbonyl (C=O) groups excluding carboxylic acids is 2. The molecule has 1 saturated carbocycles. The van der Waals surface area contributed by atoms with Crippen LogP contribution in [0.5, 0.6) is 0 Å². The van der Waals surface area contributed by atoms with Crippen molar-refractivity contribution in [3.05, 3.63) is 57.8 Å². The normalized spacial score (nSPS) is 13.7. The summed E-state index contributed by atoms with van der Waals surface area (Å²) in [5.41, 5.74) is 7.47. The maximum absolute atomic E-state index is 13.2. The third-order valence-corrected chi connectivity index (χ3v) is 5.61. The van der Waals surface area contributed by atoms with Crippen molar-refractivity contribution >= 4 is 51.7 Å². The molecule has 0 aliphatic heterocycles. The number of anilines is 1. The second kappa shape index (κ2) is 7.78. The molecule has 0 radical (unpaired) electrons. The van der Waals surface area contributed by atoms with Crippen LogP contribution in [-0.4, -0.2) is 34.5 Å². The molecule has 2 aromatic heterocycles. The van der Waals surface area contributed by atoms with E-state index in [2.05, 4.69) is 4.98 Å². The van der Waals surface area contributed by atoms with Crippen molar-refractivity contribution in [2.45, 2.75) is 19.8 Å². The monoisotopic (exact) mass is 430 g/mol. The first kappa shape index (κ1) is 19.9. The van der Waals surface area contributed by atoms with Gasteiger partial charge in [-0.1, -0.05) is 23.2 Å². The van der Waals surface area contributed by atoms with Crippen LogP contribution in [0.15, 0.2) is 36.7 Å². The van der Waals surface area contributed by atoms with Gasteiger partial charge in [-0.05, 0) is 49.6 Å². The van der Waals surface area contributed by atoms with E-state index in [4.69, 9.17) is 28.9 Å². The first-order valence-corrected chi connectivity index (χ1v) is 10.2. The molecule has 1 amide bonds. The SMILES string of the molecule is Cc1cc(Cl)c(C(=O)n2ccc3c(N(CCN)C(=O)C4CC4)nccc32)c(Cl)c1. The maximum atomic E-state index is 13.2. The Morgan fingerprint density at radius 3 is 2.55 bits per heavy atom. The van der Waals surface area contributed by atoms with Crippen LogP contribution >= 0.6 is 23.2 Å². The van der Waals surface area contributed by atoms with Gasteiger partial charge in [-0.25, -0.2) is 4.98 Å². The second-order valence-electron chi connectivity index (χ2n) is 7.21. The third kappa shape index (κ3) is 3.64. The Hall–Kier alpha value is -2.41. The fraction of sp³-hybridized carbons (Fsp3) is 0.286. The molecule has 29 heavy (non-hydrogen) atoms. The van der Waals surface area contributed by atoms with Gasteiger partial charge in [0.1, 0.15) is 5.82 Å². The number of benzene rings is 1. The minimum absolute atomic E-state index is 0.0270. The fourth-order valence-corrected chi connectivity index (χ4v) is 4.23. The van der Waals surface area contributed by atoms with E-state index < -0.39 is 0 Å². The molecule has 150 valence electrons. The summed E-state index contributed by atoms with van der Waals surface area (Å²) in [5, 5.41) is 1.29. The molecule has 0 saturated heterocycles. The lowest BCUT2D eigenvalue weighted by Gasteiger charge is -2.22. The summed E-state index contributed by atoms with van der Waals surface area (Å²) in [6.07, 6.45) is 5.01. The van der Waals surface area contributed by atoms with Crippen LogP contribution in [-0.2, 0) is 4.79 Å². The van der Waals surface area contributed by atoms with E-state index >= 15 is 0 Å². The molecule has 6 nitrogen and oxygen atoms in total.